The Balaban J connectivity index is 0.00000110. The van der Waals surface area contributed by atoms with Gasteiger partial charge in [0, 0.05) is 36.8 Å². The summed E-state index contributed by atoms with van der Waals surface area (Å²) in [5.74, 6) is 0.798. The average molecular weight is 397 g/mol. The molecule has 1 N–H and O–H groups in total. The molecule has 1 saturated carbocycles. The Morgan fingerprint density at radius 3 is 2.38 bits per heavy atom. The van der Waals surface area contributed by atoms with Crippen molar-refractivity contribution in [3.8, 4) is 0 Å². The highest BCUT2D eigenvalue weighted by Crippen LogP contribution is 2.39. The number of hydrogen-bond acceptors (Lipinski definition) is 3. The second-order valence-electron chi connectivity index (χ2n) is 5.68. The van der Waals surface area contributed by atoms with Crippen LogP contribution in [0.25, 0.3) is 0 Å². The second-order valence-corrected chi connectivity index (χ2v) is 6.59. The average Bonchev–Trinajstić information content (AvgIpc) is 2.96. The molecular weight excluding hydrogens is 373 g/mol. The predicted molar refractivity (Wildman–Crippen MR) is 95.6 cm³/mol. The number of hydrogen-bond donors (Lipinski definition) is 1. The minimum absolute atomic E-state index is 0. The summed E-state index contributed by atoms with van der Waals surface area (Å²) in [4.78, 5) is 7.33. The summed E-state index contributed by atoms with van der Waals surface area (Å²) in [5.41, 5.74) is 1.26. The van der Waals surface area contributed by atoms with Crippen LogP contribution in [0.15, 0.2) is 22.8 Å². The van der Waals surface area contributed by atoms with Crippen LogP contribution in [0, 0.1) is 5.92 Å². The van der Waals surface area contributed by atoms with Gasteiger partial charge in [-0.05, 0) is 46.8 Å². The van der Waals surface area contributed by atoms with E-state index in [9.17, 15) is 0 Å². The van der Waals surface area contributed by atoms with E-state index in [0.29, 0.717) is 6.04 Å². The van der Waals surface area contributed by atoms with Crippen molar-refractivity contribution in [3.05, 3.63) is 28.5 Å². The quantitative estimate of drug-likeness (QED) is 0.841. The first-order chi connectivity index (χ1) is 9.34. The van der Waals surface area contributed by atoms with Gasteiger partial charge in [-0.1, -0.05) is 12.8 Å². The molecule has 1 aliphatic heterocycles. The van der Waals surface area contributed by atoms with Crippen molar-refractivity contribution in [2.45, 2.75) is 31.7 Å². The molecule has 2 aliphatic rings. The molecule has 2 fully saturated rings. The number of aromatic nitrogens is 1. The third-order valence-electron chi connectivity index (χ3n) is 4.44. The van der Waals surface area contributed by atoms with Crippen molar-refractivity contribution < 1.29 is 0 Å². The fourth-order valence-corrected chi connectivity index (χ4v) is 3.76. The van der Waals surface area contributed by atoms with E-state index in [1.165, 1.54) is 31.4 Å². The Kier molecular flexibility index (Phi) is 8.50. The highest BCUT2D eigenvalue weighted by Gasteiger charge is 2.32. The summed E-state index contributed by atoms with van der Waals surface area (Å²) in [6.07, 6.45) is 7.46. The summed E-state index contributed by atoms with van der Waals surface area (Å²) >= 11 is 3.49. The zero-order valence-electron chi connectivity index (χ0n) is 12.1. The minimum Gasteiger partial charge on any atom is -0.314 e. The summed E-state index contributed by atoms with van der Waals surface area (Å²) in [5, 5.41) is 3.45. The number of halogens is 3. The molecule has 0 aromatic carbocycles. The summed E-state index contributed by atoms with van der Waals surface area (Å²) in [7, 11) is 0. The maximum Gasteiger partial charge on any atom is 0.0579 e. The van der Waals surface area contributed by atoms with E-state index >= 15 is 0 Å². The van der Waals surface area contributed by atoms with Crippen LogP contribution in [-0.2, 0) is 0 Å². The van der Waals surface area contributed by atoms with Crippen molar-refractivity contribution in [3.63, 3.8) is 0 Å². The number of nitrogens with zero attached hydrogens (tertiary/aromatic N) is 2. The van der Waals surface area contributed by atoms with Gasteiger partial charge in [0.1, 0.15) is 0 Å². The lowest BCUT2D eigenvalue weighted by atomic mass is 9.93. The van der Waals surface area contributed by atoms with Crippen LogP contribution >= 0.6 is 40.7 Å². The third-order valence-corrected chi connectivity index (χ3v) is 4.91. The van der Waals surface area contributed by atoms with Gasteiger partial charge in [-0.3, -0.25) is 9.88 Å². The molecule has 21 heavy (non-hydrogen) atoms. The first-order valence-corrected chi connectivity index (χ1v) is 8.20. The Morgan fingerprint density at radius 2 is 1.81 bits per heavy atom. The minimum atomic E-state index is 0. The standard InChI is InChI=1S/C15H22BrN3.2ClH/c16-13-5-6-14(18-11-13)15(12-3-1-2-4-12)19-9-7-17-8-10-19;;/h5-6,11-12,15,17H,1-4,7-10H2;2*1H/t15-;;/m1../s1. The van der Waals surface area contributed by atoms with Crippen LogP contribution in [-0.4, -0.2) is 36.1 Å². The largest absolute Gasteiger partial charge is 0.314 e. The van der Waals surface area contributed by atoms with E-state index in [1.54, 1.807) is 0 Å². The highest BCUT2D eigenvalue weighted by molar-refractivity contribution is 9.10. The van der Waals surface area contributed by atoms with E-state index in [0.717, 1.165) is 36.6 Å². The highest BCUT2D eigenvalue weighted by atomic mass is 79.9. The SMILES string of the molecule is Brc1ccc([C@@H](C2CCCC2)N2CCNCC2)nc1.Cl.Cl. The maximum absolute atomic E-state index is 4.69. The van der Waals surface area contributed by atoms with E-state index < -0.39 is 0 Å². The van der Waals surface area contributed by atoms with Gasteiger partial charge in [0.05, 0.1) is 11.7 Å². The molecule has 1 atom stereocenters. The lowest BCUT2D eigenvalue weighted by molar-refractivity contribution is 0.122. The zero-order chi connectivity index (χ0) is 13.1. The van der Waals surface area contributed by atoms with E-state index in [4.69, 9.17) is 0 Å². The Bertz CT molecular complexity index is 404. The number of pyridine rings is 1. The second kappa shape index (κ2) is 9.31. The number of nitrogens with one attached hydrogen (secondary N) is 1. The number of piperazine rings is 1. The molecule has 1 saturated heterocycles. The van der Waals surface area contributed by atoms with Gasteiger partial charge in [0.25, 0.3) is 0 Å². The Hall–Kier alpha value is 0.130. The maximum atomic E-state index is 4.69. The molecule has 0 unspecified atom stereocenters. The van der Waals surface area contributed by atoms with Crippen molar-refractivity contribution >= 4 is 40.7 Å². The fourth-order valence-electron chi connectivity index (χ4n) is 3.52. The van der Waals surface area contributed by atoms with Crippen LogP contribution in [0.4, 0.5) is 0 Å². The number of rotatable bonds is 3. The van der Waals surface area contributed by atoms with Crippen LogP contribution in [0.5, 0.6) is 0 Å². The first kappa shape index (κ1) is 19.2. The smallest absolute Gasteiger partial charge is 0.0579 e. The van der Waals surface area contributed by atoms with Crippen molar-refractivity contribution in [2.75, 3.05) is 26.2 Å². The van der Waals surface area contributed by atoms with Gasteiger partial charge in [-0.25, -0.2) is 0 Å². The molecule has 1 aromatic rings. The summed E-state index contributed by atoms with van der Waals surface area (Å²) in [6, 6.07) is 4.86. The first-order valence-electron chi connectivity index (χ1n) is 7.41. The molecule has 3 nitrogen and oxygen atoms in total. The van der Waals surface area contributed by atoms with Gasteiger partial charge in [-0.15, -0.1) is 24.8 Å². The molecule has 120 valence electrons. The van der Waals surface area contributed by atoms with Gasteiger partial charge >= 0.3 is 0 Å². The molecule has 1 aromatic heterocycles. The fraction of sp³-hybridized carbons (Fsp3) is 0.667. The summed E-state index contributed by atoms with van der Waals surface area (Å²) in [6.45, 7) is 4.53. The van der Waals surface area contributed by atoms with E-state index in [2.05, 4.69) is 43.3 Å². The van der Waals surface area contributed by atoms with Gasteiger partial charge in [-0.2, -0.15) is 0 Å². The molecule has 0 radical (unpaired) electrons. The zero-order valence-corrected chi connectivity index (χ0v) is 15.4. The molecule has 0 amide bonds. The molecular formula is C15H24BrCl2N3. The van der Waals surface area contributed by atoms with Gasteiger partial charge in [0.15, 0.2) is 0 Å². The van der Waals surface area contributed by atoms with Crippen molar-refractivity contribution in [2.24, 2.45) is 5.92 Å². The van der Waals surface area contributed by atoms with Crippen molar-refractivity contribution in [1.29, 1.82) is 0 Å². The molecule has 2 heterocycles. The topological polar surface area (TPSA) is 28.2 Å². The van der Waals surface area contributed by atoms with Crippen LogP contribution in [0.3, 0.4) is 0 Å². The predicted octanol–water partition coefficient (Wildman–Crippen LogP) is 3.82. The lowest BCUT2D eigenvalue weighted by Gasteiger charge is -2.38. The molecule has 0 spiro atoms. The Morgan fingerprint density at radius 1 is 1.14 bits per heavy atom. The van der Waals surface area contributed by atoms with E-state index in [-0.39, 0.29) is 24.8 Å². The van der Waals surface area contributed by atoms with E-state index in [1.807, 2.05) is 6.20 Å². The van der Waals surface area contributed by atoms with Crippen LogP contribution < -0.4 is 5.32 Å². The lowest BCUT2D eigenvalue weighted by Crippen LogP contribution is -2.46. The normalized spacial score (nSPS) is 21.4. The molecule has 3 rings (SSSR count). The van der Waals surface area contributed by atoms with Crippen LogP contribution in [0.1, 0.15) is 37.4 Å². The molecule has 6 heteroatoms. The molecule has 0 bridgehead atoms. The van der Waals surface area contributed by atoms with Crippen LogP contribution in [0.2, 0.25) is 0 Å². The van der Waals surface area contributed by atoms with Gasteiger partial charge in [0.2, 0.25) is 0 Å². The summed E-state index contributed by atoms with van der Waals surface area (Å²) < 4.78 is 1.07. The third kappa shape index (κ3) is 4.80. The van der Waals surface area contributed by atoms with Gasteiger partial charge < -0.3 is 5.32 Å². The Labute approximate surface area is 148 Å². The molecule has 1 aliphatic carbocycles. The van der Waals surface area contributed by atoms with Crippen molar-refractivity contribution in [1.82, 2.24) is 15.2 Å². The monoisotopic (exact) mass is 395 g/mol.